The van der Waals surface area contributed by atoms with Gasteiger partial charge in [-0.3, -0.25) is 0 Å². The molecule has 2 N–H and O–H groups in total. The highest BCUT2D eigenvalue weighted by atomic mass is 79.9. The zero-order chi connectivity index (χ0) is 18.0. The summed E-state index contributed by atoms with van der Waals surface area (Å²) in [6.07, 6.45) is 3.00. The molecule has 0 radical (unpaired) electrons. The third-order valence-corrected chi connectivity index (χ3v) is 6.08. The minimum atomic E-state index is -0.306. The van der Waals surface area contributed by atoms with Crippen LogP contribution in [0.15, 0.2) is 28.7 Å². The number of carbonyl (C=O) groups is 1. The normalized spacial score (nSPS) is 16.0. The van der Waals surface area contributed by atoms with Crippen LogP contribution in [0.25, 0.3) is 0 Å². The van der Waals surface area contributed by atoms with Crippen LogP contribution in [0.5, 0.6) is 0 Å². The summed E-state index contributed by atoms with van der Waals surface area (Å²) >= 11 is 10.5. The first-order valence-electron chi connectivity index (χ1n) is 8.04. The van der Waals surface area contributed by atoms with Crippen LogP contribution in [-0.4, -0.2) is 18.2 Å². The molecule has 1 aliphatic rings. The first-order chi connectivity index (χ1) is 12.0. The molecule has 0 amide bonds. The van der Waals surface area contributed by atoms with E-state index in [1.165, 1.54) is 12.0 Å². The van der Waals surface area contributed by atoms with Crippen molar-refractivity contribution in [2.75, 3.05) is 17.7 Å². The van der Waals surface area contributed by atoms with E-state index in [9.17, 15) is 4.79 Å². The lowest BCUT2D eigenvalue weighted by atomic mass is 9.88. The lowest BCUT2D eigenvalue weighted by molar-refractivity contribution is 0.0601. The van der Waals surface area contributed by atoms with E-state index >= 15 is 0 Å². The van der Waals surface area contributed by atoms with Crippen LogP contribution in [0.2, 0.25) is 0 Å². The van der Waals surface area contributed by atoms with Crippen LogP contribution in [0.1, 0.15) is 34.1 Å². The highest BCUT2D eigenvalue weighted by Crippen LogP contribution is 2.40. The van der Waals surface area contributed by atoms with Gasteiger partial charge < -0.3 is 15.4 Å². The topological polar surface area (TPSA) is 50.4 Å². The van der Waals surface area contributed by atoms with E-state index in [2.05, 4.69) is 33.5 Å². The average Bonchev–Trinajstić information content (AvgIpc) is 2.90. The Morgan fingerprint density at radius 1 is 1.40 bits per heavy atom. The lowest BCUT2D eigenvalue weighted by Crippen LogP contribution is -2.20. The summed E-state index contributed by atoms with van der Waals surface area (Å²) in [4.78, 5) is 13.6. The molecule has 1 aromatic heterocycles. The molecule has 4 nitrogen and oxygen atoms in total. The van der Waals surface area contributed by atoms with Crippen molar-refractivity contribution in [2.24, 2.45) is 5.92 Å². The second kappa shape index (κ2) is 7.85. The number of hydrogen-bond acceptors (Lipinski definition) is 4. The summed E-state index contributed by atoms with van der Waals surface area (Å²) < 4.78 is 5.97. The van der Waals surface area contributed by atoms with Crippen molar-refractivity contribution in [1.29, 1.82) is 0 Å². The summed E-state index contributed by atoms with van der Waals surface area (Å²) in [6.45, 7) is 2.24. The molecule has 0 aliphatic heterocycles. The van der Waals surface area contributed by atoms with Crippen molar-refractivity contribution >= 4 is 61.3 Å². The fraction of sp³-hybridized carbons (Fsp3) is 0.333. The predicted octanol–water partition coefficient (Wildman–Crippen LogP) is 5.23. The number of fused-ring (bicyclic) bond motifs is 1. The van der Waals surface area contributed by atoms with Crippen LogP contribution in [-0.2, 0) is 17.6 Å². The molecule has 0 saturated carbocycles. The van der Waals surface area contributed by atoms with Gasteiger partial charge in [0.15, 0.2) is 5.11 Å². The molecule has 2 aromatic rings. The number of halogens is 1. The Labute approximate surface area is 165 Å². The van der Waals surface area contributed by atoms with Crippen LogP contribution in [0, 0.1) is 5.92 Å². The van der Waals surface area contributed by atoms with E-state index in [-0.39, 0.29) is 5.97 Å². The number of esters is 1. The summed E-state index contributed by atoms with van der Waals surface area (Å²) in [5.41, 5.74) is 2.62. The molecular formula is C18H19BrN2O2S2. The molecule has 1 aromatic carbocycles. The van der Waals surface area contributed by atoms with Gasteiger partial charge in [-0.15, -0.1) is 11.3 Å². The molecule has 1 aliphatic carbocycles. The Morgan fingerprint density at radius 2 is 2.20 bits per heavy atom. The number of nitrogens with one attached hydrogen (secondary N) is 2. The highest BCUT2D eigenvalue weighted by Gasteiger charge is 2.28. The summed E-state index contributed by atoms with van der Waals surface area (Å²) in [5.74, 6) is 0.330. The highest BCUT2D eigenvalue weighted by molar-refractivity contribution is 9.10. The standard InChI is InChI=1S/C18H19BrN2O2S2/c1-10-6-7-13-14(8-10)25-16(15(13)17(22)23-2)21-18(24)20-12-5-3-4-11(19)9-12/h3-5,9-10H,6-8H2,1-2H3,(H2,20,21,24). The fourth-order valence-corrected chi connectivity index (χ4v) is 5.08. The molecule has 1 atom stereocenters. The number of thiocarbonyl (C=S) groups is 1. The molecular weight excluding hydrogens is 420 g/mol. The van der Waals surface area contributed by atoms with E-state index in [0.717, 1.165) is 40.0 Å². The van der Waals surface area contributed by atoms with Crippen LogP contribution in [0.4, 0.5) is 10.7 Å². The molecule has 1 heterocycles. The number of ether oxygens (including phenoxy) is 1. The van der Waals surface area contributed by atoms with Gasteiger partial charge in [-0.2, -0.15) is 0 Å². The number of benzene rings is 1. The van der Waals surface area contributed by atoms with Gasteiger partial charge in [0.2, 0.25) is 0 Å². The maximum absolute atomic E-state index is 12.3. The molecule has 0 fully saturated rings. The zero-order valence-electron chi connectivity index (χ0n) is 14.0. The van der Waals surface area contributed by atoms with Gasteiger partial charge in [0, 0.05) is 15.0 Å². The van der Waals surface area contributed by atoms with Crippen molar-refractivity contribution in [3.8, 4) is 0 Å². The zero-order valence-corrected chi connectivity index (χ0v) is 17.2. The first kappa shape index (κ1) is 18.4. The number of thiophene rings is 1. The number of methoxy groups -OCH3 is 1. The fourth-order valence-electron chi connectivity index (χ4n) is 2.99. The van der Waals surface area contributed by atoms with Crippen molar-refractivity contribution in [3.05, 3.63) is 44.7 Å². The molecule has 132 valence electrons. The second-order valence-electron chi connectivity index (χ2n) is 6.14. The molecule has 25 heavy (non-hydrogen) atoms. The van der Waals surface area contributed by atoms with E-state index < -0.39 is 0 Å². The summed E-state index contributed by atoms with van der Waals surface area (Å²) in [7, 11) is 1.42. The van der Waals surface area contributed by atoms with Crippen LogP contribution < -0.4 is 10.6 Å². The Kier molecular flexibility index (Phi) is 5.76. The minimum absolute atomic E-state index is 0.306. The van der Waals surface area contributed by atoms with E-state index in [0.29, 0.717) is 16.6 Å². The van der Waals surface area contributed by atoms with Gasteiger partial charge in [0.05, 0.1) is 12.7 Å². The van der Waals surface area contributed by atoms with Gasteiger partial charge in [0.25, 0.3) is 0 Å². The smallest absolute Gasteiger partial charge is 0.341 e. The molecule has 7 heteroatoms. The van der Waals surface area contributed by atoms with Crippen molar-refractivity contribution < 1.29 is 9.53 Å². The second-order valence-corrected chi connectivity index (χ2v) is 8.57. The van der Waals surface area contributed by atoms with Gasteiger partial charge >= 0.3 is 5.97 Å². The summed E-state index contributed by atoms with van der Waals surface area (Å²) in [5, 5.41) is 7.55. The maximum Gasteiger partial charge on any atom is 0.341 e. The third kappa shape index (κ3) is 4.22. The average molecular weight is 439 g/mol. The van der Waals surface area contributed by atoms with Gasteiger partial charge in [-0.25, -0.2) is 4.79 Å². The Bertz CT molecular complexity index is 819. The molecule has 0 saturated heterocycles. The number of anilines is 2. The quantitative estimate of drug-likeness (QED) is 0.507. The Balaban J connectivity index is 1.84. The SMILES string of the molecule is COC(=O)c1c(NC(=S)Nc2cccc(Br)c2)sc2c1CCC(C)C2. The molecule has 0 bridgehead atoms. The number of rotatable bonds is 3. The monoisotopic (exact) mass is 438 g/mol. The van der Waals surface area contributed by atoms with E-state index in [4.69, 9.17) is 17.0 Å². The lowest BCUT2D eigenvalue weighted by Gasteiger charge is -2.18. The van der Waals surface area contributed by atoms with Gasteiger partial charge in [-0.1, -0.05) is 28.9 Å². The van der Waals surface area contributed by atoms with Crippen molar-refractivity contribution in [1.82, 2.24) is 0 Å². The molecule has 0 spiro atoms. The van der Waals surface area contributed by atoms with E-state index in [1.54, 1.807) is 11.3 Å². The first-order valence-corrected chi connectivity index (χ1v) is 10.1. The number of carbonyl (C=O) groups excluding carboxylic acids is 1. The van der Waals surface area contributed by atoms with E-state index in [1.807, 2.05) is 24.3 Å². The van der Waals surface area contributed by atoms with Gasteiger partial charge in [-0.05, 0) is 61.2 Å². The Hall–Kier alpha value is -1.44. The van der Waals surface area contributed by atoms with Crippen molar-refractivity contribution in [2.45, 2.75) is 26.2 Å². The van der Waals surface area contributed by atoms with Crippen molar-refractivity contribution in [3.63, 3.8) is 0 Å². The largest absolute Gasteiger partial charge is 0.465 e. The molecule has 3 rings (SSSR count). The van der Waals surface area contributed by atoms with Gasteiger partial charge in [0.1, 0.15) is 5.00 Å². The van der Waals surface area contributed by atoms with Crippen LogP contribution in [0.3, 0.4) is 0 Å². The Morgan fingerprint density at radius 3 is 2.92 bits per heavy atom. The maximum atomic E-state index is 12.3. The minimum Gasteiger partial charge on any atom is -0.465 e. The third-order valence-electron chi connectivity index (χ3n) is 4.21. The molecule has 1 unspecified atom stereocenters. The predicted molar refractivity (Wildman–Crippen MR) is 111 cm³/mol. The summed E-state index contributed by atoms with van der Waals surface area (Å²) in [6, 6.07) is 7.75. The van der Waals surface area contributed by atoms with Crippen LogP contribution >= 0.6 is 39.5 Å². The number of hydrogen-bond donors (Lipinski definition) is 2.